The van der Waals surface area contributed by atoms with Gasteiger partial charge in [0, 0.05) is 24.2 Å². The molecule has 1 saturated carbocycles. The van der Waals surface area contributed by atoms with Gasteiger partial charge in [0.05, 0.1) is 9.88 Å². The minimum atomic E-state index is -0.281. The van der Waals surface area contributed by atoms with Crippen molar-refractivity contribution < 1.29 is 14.4 Å². The van der Waals surface area contributed by atoms with Crippen LogP contribution in [0.2, 0.25) is 0 Å². The van der Waals surface area contributed by atoms with Crippen LogP contribution < -0.4 is 16.0 Å². The molecule has 0 saturated heterocycles. The molecule has 1 aromatic heterocycles. The first-order chi connectivity index (χ1) is 11.5. The first-order valence-corrected chi connectivity index (χ1v) is 8.42. The first-order valence-electron chi connectivity index (χ1n) is 7.61. The second-order valence-electron chi connectivity index (χ2n) is 5.63. The lowest BCUT2D eigenvalue weighted by molar-refractivity contribution is -0.114. The summed E-state index contributed by atoms with van der Waals surface area (Å²) in [5, 5.41) is 8.94. The summed E-state index contributed by atoms with van der Waals surface area (Å²) < 4.78 is 0. The van der Waals surface area contributed by atoms with Crippen molar-refractivity contribution in [2.75, 3.05) is 10.6 Å². The Kier molecular flexibility index (Phi) is 4.61. The van der Waals surface area contributed by atoms with Gasteiger partial charge in [-0.15, -0.1) is 11.3 Å². The molecule has 7 heteroatoms. The van der Waals surface area contributed by atoms with E-state index in [4.69, 9.17) is 0 Å². The zero-order valence-electron chi connectivity index (χ0n) is 13.1. The van der Waals surface area contributed by atoms with Crippen LogP contribution in [0.15, 0.2) is 36.4 Å². The Morgan fingerprint density at radius 1 is 1.04 bits per heavy atom. The summed E-state index contributed by atoms with van der Waals surface area (Å²) in [6, 6.07) is 10.4. The minimum absolute atomic E-state index is 0.127. The predicted octanol–water partition coefficient (Wildman–Crippen LogP) is 2.85. The number of carbonyl (C=O) groups excluding carboxylic acids is 3. The standard InChI is InChI=1S/C17H17N3O3S/c1-10(21)18-15-8-7-14(24-15)17(23)20-13-4-2-3-11(9-13)16(22)19-12-5-6-12/h2-4,7-9,12H,5-6H2,1H3,(H,18,21)(H,19,22)(H,20,23). The quantitative estimate of drug-likeness (QED) is 0.780. The van der Waals surface area contributed by atoms with Crippen molar-refractivity contribution in [1.82, 2.24) is 5.32 Å². The van der Waals surface area contributed by atoms with Crippen molar-refractivity contribution in [3.8, 4) is 0 Å². The normalized spacial score (nSPS) is 13.2. The van der Waals surface area contributed by atoms with Crippen LogP contribution in [0, 0.1) is 0 Å². The molecule has 2 aromatic rings. The van der Waals surface area contributed by atoms with Gasteiger partial charge in [0.2, 0.25) is 5.91 Å². The number of hydrogen-bond donors (Lipinski definition) is 3. The van der Waals surface area contributed by atoms with E-state index in [-0.39, 0.29) is 23.8 Å². The highest BCUT2D eigenvalue weighted by molar-refractivity contribution is 7.18. The van der Waals surface area contributed by atoms with Crippen molar-refractivity contribution in [3.63, 3.8) is 0 Å². The zero-order chi connectivity index (χ0) is 17.1. The fourth-order valence-electron chi connectivity index (χ4n) is 2.13. The monoisotopic (exact) mass is 343 g/mol. The van der Waals surface area contributed by atoms with E-state index in [1.807, 2.05) is 0 Å². The van der Waals surface area contributed by atoms with Crippen molar-refractivity contribution in [1.29, 1.82) is 0 Å². The van der Waals surface area contributed by atoms with Crippen LogP contribution in [0.5, 0.6) is 0 Å². The number of carbonyl (C=O) groups is 3. The van der Waals surface area contributed by atoms with Gasteiger partial charge in [-0.25, -0.2) is 0 Å². The molecule has 1 aliphatic carbocycles. The first kappa shape index (κ1) is 16.2. The molecule has 0 unspecified atom stereocenters. The molecule has 24 heavy (non-hydrogen) atoms. The zero-order valence-corrected chi connectivity index (χ0v) is 13.9. The molecule has 3 rings (SSSR count). The summed E-state index contributed by atoms with van der Waals surface area (Å²) in [5.41, 5.74) is 1.07. The molecule has 0 aliphatic heterocycles. The fraction of sp³-hybridized carbons (Fsp3) is 0.235. The molecule has 3 N–H and O–H groups in total. The van der Waals surface area contributed by atoms with E-state index in [1.165, 1.54) is 18.3 Å². The third kappa shape index (κ3) is 4.20. The lowest BCUT2D eigenvalue weighted by Gasteiger charge is -2.07. The van der Waals surface area contributed by atoms with Gasteiger partial charge in [-0.3, -0.25) is 14.4 Å². The van der Waals surface area contributed by atoms with Crippen molar-refractivity contribution >= 4 is 39.7 Å². The second-order valence-corrected chi connectivity index (χ2v) is 6.71. The Morgan fingerprint density at radius 2 is 1.83 bits per heavy atom. The molecule has 0 radical (unpaired) electrons. The molecular weight excluding hydrogens is 326 g/mol. The van der Waals surface area contributed by atoms with Crippen LogP contribution in [0.25, 0.3) is 0 Å². The number of rotatable bonds is 5. The lowest BCUT2D eigenvalue weighted by Crippen LogP contribution is -2.25. The Balaban J connectivity index is 1.66. The van der Waals surface area contributed by atoms with E-state index in [9.17, 15) is 14.4 Å². The average Bonchev–Trinajstić information content (AvgIpc) is 3.23. The van der Waals surface area contributed by atoms with Gasteiger partial charge in [-0.05, 0) is 43.2 Å². The number of amides is 3. The molecule has 1 heterocycles. The van der Waals surface area contributed by atoms with E-state index in [2.05, 4.69) is 16.0 Å². The highest BCUT2D eigenvalue weighted by Crippen LogP contribution is 2.23. The topological polar surface area (TPSA) is 87.3 Å². The van der Waals surface area contributed by atoms with Crippen LogP contribution in [-0.4, -0.2) is 23.8 Å². The van der Waals surface area contributed by atoms with Crippen molar-refractivity contribution in [2.45, 2.75) is 25.8 Å². The maximum Gasteiger partial charge on any atom is 0.265 e. The SMILES string of the molecule is CC(=O)Nc1ccc(C(=O)Nc2cccc(C(=O)NC3CC3)c2)s1. The summed E-state index contributed by atoms with van der Waals surface area (Å²) in [6.45, 7) is 1.41. The van der Waals surface area contributed by atoms with Crippen LogP contribution >= 0.6 is 11.3 Å². The van der Waals surface area contributed by atoms with Crippen molar-refractivity contribution in [3.05, 3.63) is 46.8 Å². The largest absolute Gasteiger partial charge is 0.349 e. The number of benzene rings is 1. The van der Waals surface area contributed by atoms with Crippen LogP contribution in [-0.2, 0) is 4.79 Å². The molecule has 1 aliphatic rings. The van der Waals surface area contributed by atoms with Gasteiger partial charge < -0.3 is 16.0 Å². The van der Waals surface area contributed by atoms with Gasteiger partial charge in [0.25, 0.3) is 11.8 Å². The molecule has 1 fully saturated rings. The summed E-state index contributed by atoms with van der Waals surface area (Å²) in [6.07, 6.45) is 2.05. The van der Waals surface area contributed by atoms with E-state index >= 15 is 0 Å². The third-order valence-electron chi connectivity index (χ3n) is 3.42. The summed E-state index contributed by atoms with van der Waals surface area (Å²) >= 11 is 1.19. The second kappa shape index (κ2) is 6.84. The third-order valence-corrected chi connectivity index (χ3v) is 4.42. The predicted molar refractivity (Wildman–Crippen MR) is 93.5 cm³/mol. The number of thiophene rings is 1. The van der Waals surface area contributed by atoms with Crippen LogP contribution in [0.4, 0.5) is 10.7 Å². The van der Waals surface area contributed by atoms with Gasteiger partial charge in [0.15, 0.2) is 0 Å². The molecule has 0 spiro atoms. The summed E-state index contributed by atoms with van der Waals surface area (Å²) in [5.74, 6) is -0.591. The van der Waals surface area contributed by atoms with E-state index in [0.29, 0.717) is 21.1 Å². The van der Waals surface area contributed by atoms with E-state index in [1.54, 1.807) is 36.4 Å². The molecule has 6 nitrogen and oxygen atoms in total. The average molecular weight is 343 g/mol. The number of anilines is 2. The van der Waals surface area contributed by atoms with Gasteiger partial charge in [-0.2, -0.15) is 0 Å². The Bertz CT molecular complexity index is 796. The maximum atomic E-state index is 12.3. The van der Waals surface area contributed by atoms with Gasteiger partial charge in [0.1, 0.15) is 0 Å². The molecule has 0 atom stereocenters. The highest BCUT2D eigenvalue weighted by Gasteiger charge is 2.23. The summed E-state index contributed by atoms with van der Waals surface area (Å²) in [7, 11) is 0. The molecule has 0 bridgehead atoms. The number of hydrogen-bond acceptors (Lipinski definition) is 4. The maximum absolute atomic E-state index is 12.3. The van der Waals surface area contributed by atoms with Crippen LogP contribution in [0.3, 0.4) is 0 Å². The Labute approximate surface area is 143 Å². The highest BCUT2D eigenvalue weighted by atomic mass is 32.1. The summed E-state index contributed by atoms with van der Waals surface area (Å²) in [4.78, 5) is 35.8. The minimum Gasteiger partial charge on any atom is -0.349 e. The van der Waals surface area contributed by atoms with Crippen LogP contribution in [0.1, 0.15) is 39.8 Å². The lowest BCUT2D eigenvalue weighted by atomic mass is 10.2. The van der Waals surface area contributed by atoms with Gasteiger partial charge in [-0.1, -0.05) is 6.07 Å². The van der Waals surface area contributed by atoms with Crippen molar-refractivity contribution in [2.24, 2.45) is 0 Å². The van der Waals surface area contributed by atoms with E-state index < -0.39 is 0 Å². The Hall–Kier alpha value is -2.67. The molecule has 124 valence electrons. The Morgan fingerprint density at radius 3 is 2.54 bits per heavy atom. The smallest absolute Gasteiger partial charge is 0.265 e. The molecule has 3 amide bonds. The molecule has 1 aromatic carbocycles. The molecular formula is C17H17N3O3S. The van der Waals surface area contributed by atoms with Gasteiger partial charge >= 0.3 is 0 Å². The van der Waals surface area contributed by atoms with E-state index in [0.717, 1.165) is 12.8 Å². The fourth-order valence-corrected chi connectivity index (χ4v) is 2.98. The number of nitrogens with one attached hydrogen (secondary N) is 3.